The molecule has 0 atom stereocenters. The number of imidazole rings is 1. The molecule has 5 rings (SSSR count). The number of fused-ring (bicyclic) bond motifs is 3. The summed E-state index contributed by atoms with van der Waals surface area (Å²) >= 11 is 0. The summed E-state index contributed by atoms with van der Waals surface area (Å²) < 4.78 is 48.1. The first-order valence-electron chi connectivity index (χ1n) is 8.87. The number of hydrogen-bond acceptors (Lipinski definition) is 5. The minimum atomic E-state index is -4.49. The molecule has 0 spiro atoms. The number of allylic oxidation sites excluding steroid dienone is 2. The number of aromatic nitrogens is 5. The lowest BCUT2D eigenvalue weighted by molar-refractivity contribution is -0.136. The molecule has 0 saturated carbocycles. The van der Waals surface area contributed by atoms with Crippen molar-refractivity contribution in [2.24, 2.45) is 0 Å². The van der Waals surface area contributed by atoms with Crippen molar-refractivity contribution < 1.29 is 17.6 Å². The third-order valence-electron chi connectivity index (χ3n) is 4.90. The van der Waals surface area contributed by atoms with Gasteiger partial charge in [0.25, 0.3) is 5.89 Å². The second-order valence-corrected chi connectivity index (χ2v) is 6.70. The van der Waals surface area contributed by atoms with E-state index in [9.17, 15) is 13.2 Å². The van der Waals surface area contributed by atoms with Crippen LogP contribution < -0.4 is 0 Å². The maximum absolute atomic E-state index is 13.8. The Hall–Kier alpha value is -3.23. The summed E-state index contributed by atoms with van der Waals surface area (Å²) in [6.45, 7) is 0. The Morgan fingerprint density at radius 2 is 1.96 bits per heavy atom. The first-order chi connectivity index (χ1) is 13.5. The first-order valence-corrected chi connectivity index (χ1v) is 8.87. The van der Waals surface area contributed by atoms with Gasteiger partial charge in [0.2, 0.25) is 6.39 Å². The van der Waals surface area contributed by atoms with Crippen LogP contribution in [-0.4, -0.2) is 24.6 Å². The van der Waals surface area contributed by atoms with Gasteiger partial charge in [-0.25, -0.2) is 9.97 Å². The van der Waals surface area contributed by atoms with Gasteiger partial charge in [-0.1, -0.05) is 6.08 Å². The van der Waals surface area contributed by atoms with Gasteiger partial charge in [-0.05, 0) is 49.5 Å². The molecular formula is C19H14F3N5O. The molecule has 0 aliphatic heterocycles. The van der Waals surface area contributed by atoms with E-state index in [2.05, 4.69) is 20.2 Å². The van der Waals surface area contributed by atoms with Gasteiger partial charge in [0.15, 0.2) is 0 Å². The number of pyridine rings is 2. The van der Waals surface area contributed by atoms with Crippen LogP contribution in [0, 0.1) is 0 Å². The highest BCUT2D eigenvalue weighted by Gasteiger charge is 2.34. The highest BCUT2D eigenvalue weighted by molar-refractivity contribution is 5.85. The molecule has 28 heavy (non-hydrogen) atoms. The molecule has 0 bridgehead atoms. The summed E-state index contributed by atoms with van der Waals surface area (Å²) in [6.07, 6.45) is 3.80. The zero-order valence-corrected chi connectivity index (χ0v) is 14.6. The van der Waals surface area contributed by atoms with Crippen molar-refractivity contribution in [3.05, 3.63) is 48.1 Å². The summed E-state index contributed by atoms with van der Waals surface area (Å²) in [5, 5.41) is 7.45. The molecule has 4 aromatic heterocycles. The van der Waals surface area contributed by atoms with Gasteiger partial charge in [0, 0.05) is 11.6 Å². The summed E-state index contributed by atoms with van der Waals surface area (Å²) in [7, 11) is 0. The van der Waals surface area contributed by atoms with Crippen LogP contribution in [-0.2, 0) is 6.18 Å². The quantitative estimate of drug-likeness (QED) is 0.490. The Balaban J connectivity index is 1.81. The Morgan fingerprint density at radius 1 is 1.07 bits per heavy atom. The molecule has 1 aliphatic carbocycles. The number of halogens is 3. The molecule has 142 valence electrons. The second-order valence-electron chi connectivity index (χ2n) is 6.70. The predicted octanol–water partition coefficient (Wildman–Crippen LogP) is 4.91. The lowest BCUT2D eigenvalue weighted by Gasteiger charge is -2.16. The summed E-state index contributed by atoms with van der Waals surface area (Å²) in [6, 6.07) is 4.09. The van der Waals surface area contributed by atoms with Crippen LogP contribution >= 0.6 is 0 Å². The van der Waals surface area contributed by atoms with E-state index in [-0.39, 0.29) is 16.9 Å². The highest BCUT2D eigenvalue weighted by Crippen LogP contribution is 2.37. The number of rotatable bonds is 2. The molecule has 0 fully saturated rings. The van der Waals surface area contributed by atoms with Crippen LogP contribution in [0.1, 0.15) is 36.9 Å². The molecular weight excluding hydrogens is 371 g/mol. The van der Waals surface area contributed by atoms with Crippen LogP contribution in [0.25, 0.3) is 33.8 Å². The lowest BCUT2D eigenvalue weighted by Crippen LogP contribution is -2.10. The largest absolute Gasteiger partial charge is 0.422 e. The predicted molar refractivity (Wildman–Crippen MR) is 95.2 cm³/mol. The second kappa shape index (κ2) is 6.15. The molecule has 0 radical (unpaired) electrons. The smallest absolute Gasteiger partial charge is 0.417 e. The third kappa shape index (κ3) is 2.74. The van der Waals surface area contributed by atoms with Crippen LogP contribution in [0.3, 0.4) is 0 Å². The van der Waals surface area contributed by atoms with Gasteiger partial charge < -0.3 is 4.42 Å². The molecule has 0 aromatic carbocycles. The van der Waals surface area contributed by atoms with Gasteiger partial charge in [0.05, 0.1) is 11.3 Å². The van der Waals surface area contributed by atoms with E-state index in [0.717, 1.165) is 37.3 Å². The summed E-state index contributed by atoms with van der Waals surface area (Å²) in [5.74, 6) is 0.194. The zero-order valence-electron chi connectivity index (χ0n) is 14.6. The van der Waals surface area contributed by atoms with E-state index in [1.54, 1.807) is 6.20 Å². The number of hydrogen-bond donors (Lipinski definition) is 0. The standard InChI is InChI=1S/C19H14F3N5O/c20-19(21,22)13-8-14(11-4-2-1-3-5-11)25-17-12(13)6-7-16-24-15(9-27(16)17)18-26-23-10-28-18/h4,6-10H,1-3,5H2. The van der Waals surface area contributed by atoms with Gasteiger partial charge in [0.1, 0.15) is 17.0 Å². The maximum atomic E-state index is 13.8. The lowest BCUT2D eigenvalue weighted by atomic mass is 9.95. The molecule has 0 N–H and O–H groups in total. The van der Waals surface area contributed by atoms with Gasteiger partial charge in [-0.2, -0.15) is 13.2 Å². The van der Waals surface area contributed by atoms with Gasteiger partial charge >= 0.3 is 6.18 Å². The van der Waals surface area contributed by atoms with Crippen molar-refractivity contribution in [3.63, 3.8) is 0 Å². The number of nitrogens with zero attached hydrogens (tertiary/aromatic N) is 5. The monoisotopic (exact) mass is 385 g/mol. The van der Waals surface area contributed by atoms with Crippen molar-refractivity contribution >= 4 is 22.3 Å². The molecule has 0 amide bonds. The molecule has 1 aliphatic rings. The molecule has 4 aromatic rings. The Kier molecular flexibility index (Phi) is 3.71. The average Bonchev–Trinajstić information content (AvgIpc) is 3.36. The van der Waals surface area contributed by atoms with Crippen LogP contribution in [0.5, 0.6) is 0 Å². The van der Waals surface area contributed by atoms with Crippen LogP contribution in [0.15, 0.2) is 41.3 Å². The van der Waals surface area contributed by atoms with Crippen molar-refractivity contribution in [3.8, 4) is 11.6 Å². The fourth-order valence-electron chi connectivity index (χ4n) is 3.59. The number of alkyl halides is 3. The van der Waals surface area contributed by atoms with Gasteiger partial charge in [-0.3, -0.25) is 4.40 Å². The topological polar surface area (TPSA) is 69.1 Å². The Bertz CT molecular complexity index is 1210. The van der Waals surface area contributed by atoms with E-state index < -0.39 is 11.7 Å². The minimum absolute atomic E-state index is 0.0228. The fourth-order valence-corrected chi connectivity index (χ4v) is 3.59. The van der Waals surface area contributed by atoms with Crippen molar-refractivity contribution in [1.82, 2.24) is 24.6 Å². The summed E-state index contributed by atoms with van der Waals surface area (Å²) in [5.41, 5.74) is 1.55. The summed E-state index contributed by atoms with van der Waals surface area (Å²) in [4.78, 5) is 8.95. The van der Waals surface area contributed by atoms with Gasteiger partial charge in [-0.15, -0.1) is 10.2 Å². The van der Waals surface area contributed by atoms with Crippen LogP contribution in [0.2, 0.25) is 0 Å². The molecule has 4 heterocycles. The van der Waals surface area contributed by atoms with Crippen molar-refractivity contribution in [1.29, 1.82) is 0 Å². The van der Waals surface area contributed by atoms with Crippen molar-refractivity contribution in [2.75, 3.05) is 0 Å². The van der Waals surface area contributed by atoms with Crippen LogP contribution in [0.4, 0.5) is 13.2 Å². The minimum Gasteiger partial charge on any atom is -0.422 e. The molecule has 0 saturated heterocycles. The first kappa shape index (κ1) is 16.9. The Labute approximate surface area is 156 Å². The highest BCUT2D eigenvalue weighted by atomic mass is 19.4. The van der Waals surface area contributed by atoms with E-state index in [1.807, 2.05) is 6.08 Å². The maximum Gasteiger partial charge on any atom is 0.417 e. The normalized spacial score (nSPS) is 15.3. The Morgan fingerprint density at radius 3 is 2.68 bits per heavy atom. The SMILES string of the molecule is FC(F)(F)c1cc(C2=CCCCC2)nc2c1ccc1nc(-c3nnco3)cn12. The van der Waals surface area contributed by atoms with Crippen molar-refractivity contribution in [2.45, 2.75) is 31.9 Å². The zero-order chi connectivity index (χ0) is 19.3. The van der Waals surface area contributed by atoms with E-state index >= 15 is 0 Å². The third-order valence-corrected chi connectivity index (χ3v) is 4.90. The fraction of sp³-hybridized carbons (Fsp3) is 0.263. The molecule has 0 unspecified atom stereocenters. The van der Waals surface area contributed by atoms with E-state index in [1.165, 1.54) is 22.9 Å². The van der Waals surface area contributed by atoms with E-state index in [4.69, 9.17) is 4.42 Å². The van der Waals surface area contributed by atoms with E-state index in [0.29, 0.717) is 17.0 Å². The average molecular weight is 385 g/mol. The molecule has 9 heteroatoms. The molecule has 6 nitrogen and oxygen atoms in total.